The maximum Gasteiger partial charge on any atom is 0.328 e. The summed E-state index contributed by atoms with van der Waals surface area (Å²) in [4.78, 5) is 31.7. The van der Waals surface area contributed by atoms with Crippen LogP contribution in [0, 0.1) is 10.1 Å². The molecule has 2 aromatic rings. The summed E-state index contributed by atoms with van der Waals surface area (Å²) in [7, 11) is 0. The third kappa shape index (κ3) is 4.26. The number of aryl methyl sites for hydroxylation is 1. The van der Waals surface area contributed by atoms with Crippen LogP contribution in [0.25, 0.3) is 17.3 Å². The van der Waals surface area contributed by atoms with Crippen molar-refractivity contribution in [2.45, 2.75) is 13.0 Å². The lowest BCUT2D eigenvalue weighted by Gasteiger charge is -2.00. The third-order valence-electron chi connectivity index (χ3n) is 3.08. The van der Waals surface area contributed by atoms with Crippen LogP contribution in [0.15, 0.2) is 36.5 Å². The summed E-state index contributed by atoms with van der Waals surface area (Å²) in [5.74, 6) is -2.15. The Balaban J connectivity index is 2.45. The lowest BCUT2D eigenvalue weighted by molar-refractivity contribution is -0.384. The number of benzene rings is 1. The van der Waals surface area contributed by atoms with Crippen LogP contribution in [0.2, 0.25) is 0 Å². The molecule has 0 aliphatic heterocycles. The fourth-order valence-electron chi connectivity index (χ4n) is 2.04. The summed E-state index contributed by atoms with van der Waals surface area (Å²) in [5.41, 5.74) is 1.06. The molecule has 0 saturated carbocycles. The highest BCUT2D eigenvalue weighted by atomic mass is 16.6. The zero-order chi connectivity index (χ0) is 17.7. The Bertz CT molecular complexity index is 824. The topological polar surface area (TPSA) is 136 Å². The molecule has 0 saturated heterocycles. The minimum Gasteiger partial charge on any atom is -0.481 e. The Labute approximate surface area is 135 Å². The standard InChI is InChI=1S/C15H13N3O6/c19-13(20)5-4-11-9-17(7-6-14(21)22)16-15(11)10-2-1-3-12(8-10)18(23)24/h1-5,8-9H,6-7H2,(H,19,20)(H,21,22). The van der Waals surface area contributed by atoms with Gasteiger partial charge in [0.15, 0.2) is 0 Å². The molecule has 2 N–H and O–H groups in total. The van der Waals surface area contributed by atoms with Crippen molar-refractivity contribution in [3.8, 4) is 11.3 Å². The molecule has 0 atom stereocenters. The van der Waals surface area contributed by atoms with E-state index in [1.54, 1.807) is 6.07 Å². The van der Waals surface area contributed by atoms with E-state index in [4.69, 9.17) is 10.2 Å². The molecule has 0 unspecified atom stereocenters. The quantitative estimate of drug-likeness (QED) is 0.450. The Morgan fingerprint density at radius 3 is 2.71 bits per heavy atom. The van der Waals surface area contributed by atoms with Crippen LogP contribution in [-0.2, 0) is 16.1 Å². The molecular formula is C15H13N3O6. The second-order valence-corrected chi connectivity index (χ2v) is 4.82. The first-order valence-corrected chi connectivity index (χ1v) is 6.82. The fraction of sp³-hybridized carbons (Fsp3) is 0.133. The lowest BCUT2D eigenvalue weighted by atomic mass is 10.1. The largest absolute Gasteiger partial charge is 0.481 e. The summed E-state index contributed by atoms with van der Waals surface area (Å²) < 4.78 is 1.36. The monoisotopic (exact) mass is 331 g/mol. The Hall–Kier alpha value is -3.49. The van der Waals surface area contributed by atoms with E-state index in [1.165, 1.54) is 35.2 Å². The molecule has 124 valence electrons. The van der Waals surface area contributed by atoms with Gasteiger partial charge >= 0.3 is 11.9 Å². The van der Waals surface area contributed by atoms with Gasteiger partial charge in [0.05, 0.1) is 23.6 Å². The molecule has 0 aliphatic carbocycles. The van der Waals surface area contributed by atoms with Crippen LogP contribution in [0.1, 0.15) is 12.0 Å². The highest BCUT2D eigenvalue weighted by Crippen LogP contribution is 2.26. The highest BCUT2D eigenvalue weighted by Gasteiger charge is 2.14. The van der Waals surface area contributed by atoms with Crippen LogP contribution in [-0.4, -0.2) is 36.9 Å². The van der Waals surface area contributed by atoms with Gasteiger partial charge in [-0.25, -0.2) is 4.79 Å². The summed E-state index contributed by atoms with van der Waals surface area (Å²) in [6.07, 6.45) is 3.56. The minimum atomic E-state index is -1.15. The van der Waals surface area contributed by atoms with Gasteiger partial charge in [-0.15, -0.1) is 0 Å². The molecule has 0 spiro atoms. The highest BCUT2D eigenvalue weighted by molar-refractivity contribution is 5.87. The minimum absolute atomic E-state index is 0.0954. The van der Waals surface area contributed by atoms with Gasteiger partial charge in [-0.2, -0.15) is 5.10 Å². The molecule has 9 heteroatoms. The van der Waals surface area contributed by atoms with E-state index < -0.39 is 16.9 Å². The van der Waals surface area contributed by atoms with E-state index in [2.05, 4.69) is 5.10 Å². The van der Waals surface area contributed by atoms with Gasteiger partial charge < -0.3 is 10.2 Å². The molecule has 1 aromatic carbocycles. The van der Waals surface area contributed by atoms with Crippen molar-refractivity contribution in [2.75, 3.05) is 0 Å². The van der Waals surface area contributed by atoms with E-state index in [0.717, 1.165) is 6.08 Å². The first-order valence-electron chi connectivity index (χ1n) is 6.82. The van der Waals surface area contributed by atoms with Crippen molar-refractivity contribution in [2.24, 2.45) is 0 Å². The summed E-state index contributed by atoms with van der Waals surface area (Å²) in [6, 6.07) is 5.75. The molecule has 24 heavy (non-hydrogen) atoms. The SMILES string of the molecule is O=C(O)C=Cc1cn(CCC(=O)O)nc1-c1cccc([N+](=O)[O-])c1. The second kappa shape index (κ2) is 7.18. The molecule has 0 fully saturated rings. The van der Waals surface area contributed by atoms with Gasteiger partial charge in [0.1, 0.15) is 0 Å². The number of carboxylic acid groups (broad SMARTS) is 2. The number of aliphatic carboxylic acids is 2. The molecule has 1 aromatic heterocycles. The van der Waals surface area contributed by atoms with Crippen molar-refractivity contribution in [1.82, 2.24) is 9.78 Å². The van der Waals surface area contributed by atoms with E-state index in [0.29, 0.717) is 16.8 Å². The zero-order valence-electron chi connectivity index (χ0n) is 12.3. The van der Waals surface area contributed by atoms with E-state index in [9.17, 15) is 19.7 Å². The number of hydrogen-bond acceptors (Lipinski definition) is 5. The zero-order valence-corrected chi connectivity index (χ0v) is 12.3. The number of aromatic nitrogens is 2. The number of nitrogens with zero attached hydrogens (tertiary/aromatic N) is 3. The molecule has 0 amide bonds. The second-order valence-electron chi connectivity index (χ2n) is 4.82. The summed E-state index contributed by atoms with van der Waals surface area (Å²) in [5, 5.41) is 32.6. The van der Waals surface area contributed by atoms with Gasteiger partial charge in [0.2, 0.25) is 0 Å². The number of rotatable bonds is 7. The molecule has 0 radical (unpaired) electrons. The Kier molecular flexibility index (Phi) is 5.05. The van der Waals surface area contributed by atoms with E-state index >= 15 is 0 Å². The molecule has 1 heterocycles. The molecule has 2 rings (SSSR count). The van der Waals surface area contributed by atoms with Crippen molar-refractivity contribution < 1.29 is 24.7 Å². The number of non-ortho nitro benzene ring substituents is 1. The lowest BCUT2D eigenvalue weighted by Crippen LogP contribution is -2.04. The average Bonchev–Trinajstić information content (AvgIpc) is 2.94. The maximum atomic E-state index is 10.9. The maximum absolute atomic E-state index is 10.9. The Morgan fingerprint density at radius 1 is 1.33 bits per heavy atom. The van der Waals surface area contributed by atoms with Crippen molar-refractivity contribution in [3.63, 3.8) is 0 Å². The molecule has 0 aliphatic rings. The van der Waals surface area contributed by atoms with Crippen LogP contribution in [0.5, 0.6) is 0 Å². The van der Waals surface area contributed by atoms with Gasteiger partial charge in [0.25, 0.3) is 5.69 Å². The number of carbonyl (C=O) groups is 2. The van der Waals surface area contributed by atoms with Gasteiger partial charge in [-0.1, -0.05) is 12.1 Å². The van der Waals surface area contributed by atoms with Crippen LogP contribution >= 0.6 is 0 Å². The summed E-state index contributed by atoms with van der Waals surface area (Å²) >= 11 is 0. The predicted octanol–water partition coefficient (Wildman–Crippen LogP) is 2.03. The van der Waals surface area contributed by atoms with Crippen LogP contribution < -0.4 is 0 Å². The van der Waals surface area contributed by atoms with Gasteiger partial charge in [0, 0.05) is 35.5 Å². The van der Waals surface area contributed by atoms with Crippen molar-refractivity contribution in [1.29, 1.82) is 0 Å². The van der Waals surface area contributed by atoms with Crippen molar-refractivity contribution >= 4 is 23.7 Å². The number of carboxylic acids is 2. The number of nitro groups is 1. The fourth-order valence-corrected chi connectivity index (χ4v) is 2.04. The van der Waals surface area contributed by atoms with Gasteiger partial charge in [-0.3, -0.25) is 19.6 Å². The van der Waals surface area contributed by atoms with Crippen molar-refractivity contribution in [3.05, 3.63) is 52.2 Å². The third-order valence-corrected chi connectivity index (χ3v) is 3.08. The normalized spacial score (nSPS) is 10.8. The number of nitro benzene ring substituents is 1. The van der Waals surface area contributed by atoms with Crippen LogP contribution in [0.4, 0.5) is 5.69 Å². The van der Waals surface area contributed by atoms with Crippen LogP contribution in [0.3, 0.4) is 0 Å². The molecule has 9 nitrogen and oxygen atoms in total. The number of hydrogen-bond donors (Lipinski definition) is 2. The van der Waals surface area contributed by atoms with E-state index in [1.807, 2.05) is 0 Å². The Morgan fingerprint density at radius 2 is 2.08 bits per heavy atom. The molecular weight excluding hydrogens is 318 g/mol. The first kappa shape index (κ1) is 16.9. The average molecular weight is 331 g/mol. The smallest absolute Gasteiger partial charge is 0.328 e. The molecule has 0 bridgehead atoms. The van der Waals surface area contributed by atoms with E-state index in [-0.39, 0.29) is 18.7 Å². The predicted molar refractivity (Wildman–Crippen MR) is 83.2 cm³/mol. The first-order chi connectivity index (χ1) is 11.4. The summed E-state index contributed by atoms with van der Waals surface area (Å²) in [6.45, 7) is 0.0954. The van der Waals surface area contributed by atoms with Gasteiger partial charge in [-0.05, 0) is 6.08 Å².